The summed E-state index contributed by atoms with van der Waals surface area (Å²) in [5.41, 5.74) is 0.224. The number of carbonyl (C=O) groups is 1. The SMILES string of the molecule is O=C(CSc1nccn1C1CC1)Nc1c(Cl)c(Cl)cc(Cl)c1Cl. The van der Waals surface area contributed by atoms with Gasteiger partial charge < -0.3 is 9.88 Å². The first-order valence-corrected chi connectivity index (χ1v) is 9.25. The third-order valence-corrected chi connectivity index (χ3v) is 5.84. The van der Waals surface area contributed by atoms with Crippen LogP contribution in [0.25, 0.3) is 0 Å². The Balaban J connectivity index is 1.67. The second-order valence-corrected chi connectivity index (χ2v) is 7.54. The quantitative estimate of drug-likeness (QED) is 0.518. The Morgan fingerprint density at radius 2 is 1.91 bits per heavy atom. The smallest absolute Gasteiger partial charge is 0.234 e. The van der Waals surface area contributed by atoms with Crippen LogP contribution in [0.3, 0.4) is 0 Å². The summed E-state index contributed by atoms with van der Waals surface area (Å²) in [7, 11) is 0. The van der Waals surface area contributed by atoms with Gasteiger partial charge in [0.1, 0.15) is 0 Å². The number of amides is 1. The Hall–Kier alpha value is -0.590. The van der Waals surface area contributed by atoms with Crippen molar-refractivity contribution in [2.24, 2.45) is 0 Å². The summed E-state index contributed by atoms with van der Waals surface area (Å²) in [6, 6.07) is 1.95. The Bertz CT molecular complexity index is 734. The fourth-order valence-corrected chi connectivity index (χ4v) is 3.76. The van der Waals surface area contributed by atoms with Gasteiger partial charge in [-0.15, -0.1) is 0 Å². The average Bonchev–Trinajstić information content (AvgIpc) is 3.26. The van der Waals surface area contributed by atoms with E-state index in [1.807, 2.05) is 6.20 Å². The highest BCUT2D eigenvalue weighted by Crippen LogP contribution is 2.41. The molecule has 1 N–H and O–H groups in total. The van der Waals surface area contributed by atoms with Crippen molar-refractivity contribution in [1.82, 2.24) is 9.55 Å². The number of halogens is 4. The lowest BCUT2D eigenvalue weighted by molar-refractivity contribution is -0.113. The van der Waals surface area contributed by atoms with E-state index in [0.29, 0.717) is 6.04 Å². The van der Waals surface area contributed by atoms with Crippen molar-refractivity contribution in [1.29, 1.82) is 0 Å². The average molecular weight is 411 g/mol. The zero-order chi connectivity index (χ0) is 16.6. The molecule has 122 valence electrons. The van der Waals surface area contributed by atoms with Crippen molar-refractivity contribution in [3.05, 3.63) is 38.6 Å². The van der Waals surface area contributed by atoms with Gasteiger partial charge in [-0.1, -0.05) is 58.2 Å². The van der Waals surface area contributed by atoms with Gasteiger partial charge in [0.15, 0.2) is 5.16 Å². The highest BCUT2D eigenvalue weighted by Gasteiger charge is 2.26. The molecule has 1 fully saturated rings. The number of benzene rings is 1. The van der Waals surface area contributed by atoms with Gasteiger partial charge in [0.05, 0.1) is 31.5 Å². The number of aromatic nitrogens is 2. The fourth-order valence-electron chi connectivity index (χ4n) is 2.03. The number of nitrogens with zero attached hydrogens (tertiary/aromatic N) is 2. The molecule has 1 amide bonds. The van der Waals surface area contributed by atoms with Crippen molar-refractivity contribution in [2.75, 3.05) is 11.1 Å². The van der Waals surface area contributed by atoms with Crippen LogP contribution in [0.5, 0.6) is 0 Å². The van der Waals surface area contributed by atoms with E-state index >= 15 is 0 Å². The Morgan fingerprint density at radius 1 is 1.26 bits per heavy atom. The number of imidazole rings is 1. The molecule has 9 heteroatoms. The molecule has 0 spiro atoms. The Labute approximate surface area is 157 Å². The van der Waals surface area contributed by atoms with E-state index in [-0.39, 0.29) is 37.4 Å². The molecule has 1 aliphatic carbocycles. The molecule has 1 aromatic carbocycles. The van der Waals surface area contributed by atoms with Crippen LogP contribution >= 0.6 is 58.2 Å². The van der Waals surface area contributed by atoms with Crippen molar-refractivity contribution in [3.63, 3.8) is 0 Å². The van der Waals surface area contributed by atoms with Crippen molar-refractivity contribution >= 4 is 69.8 Å². The molecular weight excluding hydrogens is 400 g/mol. The van der Waals surface area contributed by atoms with Crippen LogP contribution < -0.4 is 5.32 Å². The van der Waals surface area contributed by atoms with Gasteiger partial charge in [-0.2, -0.15) is 0 Å². The molecule has 0 saturated heterocycles. The van der Waals surface area contributed by atoms with Crippen LogP contribution in [0.1, 0.15) is 18.9 Å². The summed E-state index contributed by atoms with van der Waals surface area (Å²) >= 11 is 25.4. The van der Waals surface area contributed by atoms with E-state index in [1.54, 1.807) is 6.20 Å². The molecule has 3 rings (SSSR count). The zero-order valence-corrected chi connectivity index (χ0v) is 15.5. The molecule has 2 aromatic rings. The molecule has 1 aromatic heterocycles. The molecule has 0 radical (unpaired) electrons. The molecule has 1 heterocycles. The first-order chi connectivity index (χ1) is 11.0. The zero-order valence-electron chi connectivity index (χ0n) is 11.7. The second kappa shape index (κ2) is 7.11. The fraction of sp³-hybridized carbons (Fsp3) is 0.286. The van der Waals surface area contributed by atoms with Crippen molar-refractivity contribution in [3.8, 4) is 0 Å². The van der Waals surface area contributed by atoms with Crippen LogP contribution in [0.4, 0.5) is 5.69 Å². The topological polar surface area (TPSA) is 46.9 Å². The van der Waals surface area contributed by atoms with E-state index in [1.165, 1.54) is 17.8 Å². The first kappa shape index (κ1) is 17.2. The second-order valence-electron chi connectivity index (χ2n) is 5.03. The minimum atomic E-state index is -0.262. The minimum absolute atomic E-state index is 0.166. The normalized spacial score (nSPS) is 14.1. The molecule has 0 bridgehead atoms. The summed E-state index contributed by atoms with van der Waals surface area (Å²) in [5.74, 6) is -0.0805. The number of hydrogen-bond donors (Lipinski definition) is 1. The van der Waals surface area contributed by atoms with Crippen molar-refractivity contribution < 1.29 is 4.79 Å². The van der Waals surface area contributed by atoms with E-state index in [4.69, 9.17) is 46.4 Å². The summed E-state index contributed by atoms with van der Waals surface area (Å²) in [4.78, 5) is 16.4. The minimum Gasteiger partial charge on any atom is -0.323 e. The monoisotopic (exact) mass is 409 g/mol. The molecule has 1 saturated carbocycles. The maximum absolute atomic E-state index is 12.2. The predicted octanol–water partition coefficient (Wildman–Crippen LogP) is 5.56. The van der Waals surface area contributed by atoms with Crippen LogP contribution in [0, 0.1) is 0 Å². The first-order valence-electron chi connectivity index (χ1n) is 6.76. The number of anilines is 1. The van der Waals surface area contributed by atoms with Crippen molar-refractivity contribution in [2.45, 2.75) is 24.0 Å². The largest absolute Gasteiger partial charge is 0.323 e. The van der Waals surface area contributed by atoms with E-state index in [9.17, 15) is 4.79 Å². The number of thioether (sulfide) groups is 1. The lowest BCUT2D eigenvalue weighted by Gasteiger charge is -2.12. The predicted molar refractivity (Wildman–Crippen MR) is 96.3 cm³/mol. The van der Waals surface area contributed by atoms with Gasteiger partial charge in [0.2, 0.25) is 5.91 Å². The van der Waals surface area contributed by atoms with Gasteiger partial charge in [0, 0.05) is 18.4 Å². The summed E-state index contributed by atoms with van der Waals surface area (Å²) in [6.07, 6.45) is 5.98. The van der Waals surface area contributed by atoms with Crippen LogP contribution in [0.15, 0.2) is 23.6 Å². The molecule has 1 aliphatic rings. The molecule has 4 nitrogen and oxygen atoms in total. The third kappa shape index (κ3) is 3.91. The molecule has 0 aliphatic heterocycles. The summed E-state index contributed by atoms with van der Waals surface area (Å²) in [6.45, 7) is 0. The van der Waals surface area contributed by atoms with Crippen LogP contribution in [-0.2, 0) is 4.79 Å². The van der Waals surface area contributed by atoms with E-state index in [0.717, 1.165) is 18.0 Å². The summed E-state index contributed by atoms with van der Waals surface area (Å²) in [5, 5.41) is 4.27. The van der Waals surface area contributed by atoms with Gasteiger partial charge in [-0.25, -0.2) is 4.98 Å². The number of carbonyl (C=O) groups excluding carboxylic acids is 1. The lowest BCUT2D eigenvalue weighted by atomic mass is 10.3. The third-order valence-electron chi connectivity index (χ3n) is 3.28. The molecule has 0 unspecified atom stereocenters. The van der Waals surface area contributed by atoms with Gasteiger partial charge in [0.25, 0.3) is 0 Å². The number of rotatable bonds is 5. The van der Waals surface area contributed by atoms with Crippen LogP contribution in [-0.4, -0.2) is 21.2 Å². The van der Waals surface area contributed by atoms with Gasteiger partial charge >= 0.3 is 0 Å². The maximum Gasteiger partial charge on any atom is 0.234 e. The highest BCUT2D eigenvalue weighted by atomic mass is 35.5. The molecule has 23 heavy (non-hydrogen) atoms. The Morgan fingerprint density at radius 3 is 2.52 bits per heavy atom. The number of nitrogens with one attached hydrogen (secondary N) is 1. The van der Waals surface area contributed by atoms with Gasteiger partial charge in [-0.3, -0.25) is 4.79 Å². The maximum atomic E-state index is 12.2. The molecular formula is C14H11Cl4N3OS. The standard InChI is InChI=1S/C14H11Cl4N3OS/c15-8-5-9(16)12(18)13(11(8)17)20-10(22)6-23-14-19-3-4-21(14)7-1-2-7/h3-5,7H,1-2,6H2,(H,20,22). The van der Waals surface area contributed by atoms with Gasteiger partial charge in [-0.05, 0) is 18.9 Å². The highest BCUT2D eigenvalue weighted by molar-refractivity contribution is 7.99. The Kier molecular flexibility index (Phi) is 5.33. The molecule has 0 atom stereocenters. The summed E-state index contributed by atoms with van der Waals surface area (Å²) < 4.78 is 2.09. The van der Waals surface area contributed by atoms with E-state index in [2.05, 4.69) is 14.9 Å². The lowest BCUT2D eigenvalue weighted by Crippen LogP contribution is -2.15. The van der Waals surface area contributed by atoms with E-state index < -0.39 is 0 Å². The number of hydrogen-bond acceptors (Lipinski definition) is 3. The van der Waals surface area contributed by atoms with Crippen LogP contribution in [0.2, 0.25) is 20.1 Å².